The standard InChI is InChI=1S/C15H16N2O2/c1-10-5-4-6-12(7-10)14(18)8-15(19)13-9-17(3)16-11(13)2/h4-7,9H,8H2,1-3H3. The molecular weight excluding hydrogens is 240 g/mol. The predicted molar refractivity (Wildman–Crippen MR) is 72.4 cm³/mol. The molecule has 0 amide bonds. The fraction of sp³-hybridized carbons (Fsp3) is 0.267. The molecule has 0 aliphatic rings. The second-order valence-electron chi connectivity index (χ2n) is 4.69. The van der Waals surface area contributed by atoms with E-state index < -0.39 is 0 Å². The van der Waals surface area contributed by atoms with Gasteiger partial charge in [-0.25, -0.2) is 0 Å². The van der Waals surface area contributed by atoms with Crippen LogP contribution in [0.4, 0.5) is 0 Å². The van der Waals surface area contributed by atoms with E-state index in [1.165, 1.54) is 0 Å². The SMILES string of the molecule is Cc1cccc(C(=O)CC(=O)c2cn(C)nc2C)c1. The van der Waals surface area contributed by atoms with Crippen LogP contribution in [0.2, 0.25) is 0 Å². The Morgan fingerprint density at radius 2 is 1.95 bits per heavy atom. The van der Waals surface area contributed by atoms with Crippen LogP contribution in [0.3, 0.4) is 0 Å². The van der Waals surface area contributed by atoms with E-state index in [0.717, 1.165) is 5.56 Å². The van der Waals surface area contributed by atoms with E-state index >= 15 is 0 Å². The smallest absolute Gasteiger partial charge is 0.174 e. The van der Waals surface area contributed by atoms with Gasteiger partial charge in [-0.15, -0.1) is 0 Å². The molecule has 2 rings (SSSR count). The molecule has 0 radical (unpaired) electrons. The third kappa shape index (κ3) is 2.96. The topological polar surface area (TPSA) is 52.0 Å². The van der Waals surface area contributed by atoms with Crippen LogP contribution >= 0.6 is 0 Å². The summed E-state index contributed by atoms with van der Waals surface area (Å²) in [6, 6.07) is 7.27. The van der Waals surface area contributed by atoms with Gasteiger partial charge < -0.3 is 0 Å². The van der Waals surface area contributed by atoms with Gasteiger partial charge in [0.25, 0.3) is 0 Å². The zero-order valence-corrected chi connectivity index (χ0v) is 11.3. The molecule has 4 heteroatoms. The van der Waals surface area contributed by atoms with Gasteiger partial charge >= 0.3 is 0 Å². The highest BCUT2D eigenvalue weighted by Gasteiger charge is 2.17. The van der Waals surface area contributed by atoms with Crippen LogP contribution < -0.4 is 0 Å². The number of carbonyl (C=O) groups is 2. The van der Waals surface area contributed by atoms with Gasteiger partial charge in [-0.3, -0.25) is 14.3 Å². The molecule has 98 valence electrons. The van der Waals surface area contributed by atoms with Crippen molar-refractivity contribution in [3.05, 3.63) is 52.8 Å². The largest absolute Gasteiger partial charge is 0.294 e. The average Bonchev–Trinajstić information content (AvgIpc) is 2.68. The van der Waals surface area contributed by atoms with Crippen molar-refractivity contribution in [2.45, 2.75) is 20.3 Å². The third-order valence-corrected chi connectivity index (χ3v) is 2.98. The average molecular weight is 256 g/mol. The van der Waals surface area contributed by atoms with E-state index in [4.69, 9.17) is 0 Å². The maximum absolute atomic E-state index is 12.1. The van der Waals surface area contributed by atoms with Crippen LogP contribution in [-0.2, 0) is 7.05 Å². The lowest BCUT2D eigenvalue weighted by Crippen LogP contribution is -2.09. The van der Waals surface area contributed by atoms with Crippen molar-refractivity contribution < 1.29 is 9.59 Å². The Hall–Kier alpha value is -2.23. The number of carbonyl (C=O) groups excluding carboxylic acids is 2. The normalized spacial score (nSPS) is 10.5. The molecule has 0 fully saturated rings. The highest BCUT2D eigenvalue weighted by molar-refractivity contribution is 6.13. The first kappa shape index (κ1) is 13.2. The first-order valence-corrected chi connectivity index (χ1v) is 6.10. The van der Waals surface area contributed by atoms with Gasteiger partial charge in [-0.1, -0.05) is 23.8 Å². The summed E-state index contributed by atoms with van der Waals surface area (Å²) in [5.41, 5.74) is 2.76. The van der Waals surface area contributed by atoms with Gasteiger partial charge in [0.05, 0.1) is 17.7 Å². The summed E-state index contributed by atoms with van der Waals surface area (Å²) in [4.78, 5) is 24.1. The number of aromatic nitrogens is 2. The molecule has 0 aliphatic carbocycles. The second kappa shape index (κ2) is 5.18. The minimum absolute atomic E-state index is 0.115. The fourth-order valence-electron chi connectivity index (χ4n) is 2.03. The third-order valence-electron chi connectivity index (χ3n) is 2.98. The lowest BCUT2D eigenvalue weighted by atomic mass is 10.0. The number of hydrogen-bond acceptors (Lipinski definition) is 3. The zero-order valence-electron chi connectivity index (χ0n) is 11.3. The number of Topliss-reactive ketones (excluding diaryl/α,β-unsaturated/α-hetero) is 2. The fourth-order valence-corrected chi connectivity index (χ4v) is 2.03. The molecule has 0 saturated carbocycles. The van der Waals surface area contributed by atoms with Crippen LogP contribution in [0.15, 0.2) is 30.5 Å². The van der Waals surface area contributed by atoms with Crippen molar-refractivity contribution in [2.75, 3.05) is 0 Å². The van der Waals surface area contributed by atoms with Gasteiger partial charge in [0, 0.05) is 18.8 Å². The van der Waals surface area contributed by atoms with Crippen LogP contribution in [0, 0.1) is 13.8 Å². The van der Waals surface area contributed by atoms with E-state index in [0.29, 0.717) is 16.8 Å². The summed E-state index contributed by atoms with van der Waals surface area (Å²) in [7, 11) is 1.76. The van der Waals surface area contributed by atoms with Crippen LogP contribution in [-0.4, -0.2) is 21.3 Å². The first-order valence-electron chi connectivity index (χ1n) is 6.10. The molecule has 1 aromatic carbocycles. The molecule has 0 bridgehead atoms. The summed E-state index contributed by atoms with van der Waals surface area (Å²) in [6.07, 6.45) is 1.54. The van der Waals surface area contributed by atoms with Crippen molar-refractivity contribution in [3.63, 3.8) is 0 Å². The Balaban J connectivity index is 2.15. The molecule has 1 aromatic heterocycles. The molecule has 0 unspecified atom stereocenters. The number of benzene rings is 1. The molecule has 2 aromatic rings. The number of aryl methyl sites for hydroxylation is 3. The Bertz CT molecular complexity index is 641. The van der Waals surface area contributed by atoms with Gasteiger partial charge in [0.1, 0.15) is 0 Å². The summed E-state index contributed by atoms with van der Waals surface area (Å²) in [5.74, 6) is -0.339. The molecular formula is C15H16N2O2. The molecule has 0 atom stereocenters. The Morgan fingerprint density at radius 1 is 1.21 bits per heavy atom. The van der Waals surface area contributed by atoms with E-state index in [9.17, 15) is 9.59 Å². The molecule has 1 heterocycles. The molecule has 4 nitrogen and oxygen atoms in total. The first-order chi connectivity index (χ1) is 8.97. The maximum Gasteiger partial charge on any atom is 0.174 e. The van der Waals surface area contributed by atoms with E-state index in [1.54, 1.807) is 37.0 Å². The quantitative estimate of drug-likeness (QED) is 0.624. The molecule has 0 spiro atoms. The lowest BCUT2D eigenvalue weighted by molar-refractivity contribution is 0.0894. The highest BCUT2D eigenvalue weighted by Crippen LogP contribution is 2.12. The van der Waals surface area contributed by atoms with E-state index in [2.05, 4.69) is 5.10 Å². The highest BCUT2D eigenvalue weighted by atomic mass is 16.1. The van der Waals surface area contributed by atoms with Crippen molar-refractivity contribution in [2.24, 2.45) is 7.05 Å². The number of nitrogens with zero attached hydrogens (tertiary/aromatic N) is 2. The Labute approximate surface area is 112 Å². The van der Waals surface area contributed by atoms with Crippen LogP contribution in [0.25, 0.3) is 0 Å². The van der Waals surface area contributed by atoms with Crippen LogP contribution in [0.1, 0.15) is 38.4 Å². The minimum Gasteiger partial charge on any atom is -0.294 e. The monoisotopic (exact) mass is 256 g/mol. The number of ketones is 2. The van der Waals surface area contributed by atoms with Gasteiger partial charge in [-0.05, 0) is 19.9 Å². The van der Waals surface area contributed by atoms with E-state index in [1.807, 2.05) is 19.1 Å². The maximum atomic E-state index is 12.1. The van der Waals surface area contributed by atoms with Gasteiger partial charge in [0.2, 0.25) is 0 Å². The van der Waals surface area contributed by atoms with Gasteiger partial charge in [0.15, 0.2) is 11.6 Å². The zero-order chi connectivity index (χ0) is 14.0. The number of rotatable bonds is 4. The van der Waals surface area contributed by atoms with Gasteiger partial charge in [-0.2, -0.15) is 5.10 Å². The predicted octanol–water partition coefficient (Wildman–Crippen LogP) is 2.49. The number of hydrogen-bond donors (Lipinski definition) is 0. The summed E-state index contributed by atoms with van der Waals surface area (Å²) in [6.45, 7) is 3.69. The van der Waals surface area contributed by atoms with Crippen molar-refractivity contribution in [1.29, 1.82) is 0 Å². The summed E-state index contributed by atoms with van der Waals surface area (Å²) < 4.78 is 1.58. The second-order valence-corrected chi connectivity index (χ2v) is 4.69. The molecule has 19 heavy (non-hydrogen) atoms. The van der Waals surface area contributed by atoms with Crippen molar-refractivity contribution >= 4 is 11.6 Å². The Kier molecular flexibility index (Phi) is 3.60. The summed E-state index contributed by atoms with van der Waals surface area (Å²) in [5, 5.41) is 4.11. The Morgan fingerprint density at radius 3 is 2.53 bits per heavy atom. The van der Waals surface area contributed by atoms with E-state index in [-0.39, 0.29) is 18.0 Å². The minimum atomic E-state index is -0.183. The van der Waals surface area contributed by atoms with Crippen molar-refractivity contribution in [1.82, 2.24) is 9.78 Å². The van der Waals surface area contributed by atoms with Crippen molar-refractivity contribution in [3.8, 4) is 0 Å². The molecule has 0 aliphatic heterocycles. The summed E-state index contributed by atoms with van der Waals surface area (Å²) >= 11 is 0. The van der Waals surface area contributed by atoms with Crippen LogP contribution in [0.5, 0.6) is 0 Å². The lowest BCUT2D eigenvalue weighted by Gasteiger charge is -2.01. The molecule has 0 N–H and O–H groups in total. The molecule has 0 saturated heterocycles.